The van der Waals surface area contributed by atoms with E-state index in [1.165, 1.54) is 23.0 Å². The molecule has 5 heterocycles. The zero-order valence-corrected chi connectivity index (χ0v) is 21.0. The summed E-state index contributed by atoms with van der Waals surface area (Å²) in [5, 5.41) is 5.63. The van der Waals surface area contributed by atoms with Crippen molar-refractivity contribution in [3.05, 3.63) is 52.7 Å². The lowest BCUT2D eigenvalue weighted by Crippen LogP contribution is -2.44. The number of aliphatic imine (C=N–C) groups is 1. The van der Waals surface area contributed by atoms with Crippen molar-refractivity contribution in [1.82, 2.24) is 24.4 Å². The van der Waals surface area contributed by atoms with Crippen LogP contribution in [0, 0.1) is 6.92 Å². The molecule has 6 rings (SSSR count). The topological polar surface area (TPSA) is 69.3 Å². The van der Waals surface area contributed by atoms with Crippen molar-refractivity contribution in [3.63, 3.8) is 0 Å². The van der Waals surface area contributed by atoms with Gasteiger partial charge in [-0.1, -0.05) is 6.07 Å². The zero-order chi connectivity index (χ0) is 23.9. The summed E-state index contributed by atoms with van der Waals surface area (Å²) >= 11 is 1.45. The van der Waals surface area contributed by atoms with Crippen molar-refractivity contribution >= 4 is 40.2 Å². The van der Waals surface area contributed by atoms with Crippen LogP contribution in [0.15, 0.2) is 46.4 Å². The number of piperazine rings is 1. The van der Waals surface area contributed by atoms with E-state index in [0.29, 0.717) is 4.91 Å². The smallest absolute Gasteiger partial charge is 0.286 e. The quantitative estimate of drug-likeness (QED) is 0.524. The van der Waals surface area contributed by atoms with E-state index in [2.05, 4.69) is 56.8 Å². The van der Waals surface area contributed by atoms with Gasteiger partial charge in [-0.25, -0.2) is 9.50 Å². The lowest BCUT2D eigenvalue weighted by atomic mass is 10.1. The maximum Gasteiger partial charge on any atom is 0.286 e. The molecule has 0 saturated carbocycles. The maximum atomic E-state index is 12.5. The lowest BCUT2D eigenvalue weighted by molar-refractivity contribution is -0.113. The highest BCUT2D eigenvalue weighted by molar-refractivity contribution is 8.18. The minimum absolute atomic E-state index is 0.181. The van der Waals surface area contributed by atoms with Crippen LogP contribution in [0.1, 0.15) is 24.1 Å². The van der Waals surface area contributed by atoms with Gasteiger partial charge < -0.3 is 14.7 Å². The SMILES string of the molecule is Cc1cc(-c2cnc3ccc(C=C4SC(N5CCCC5)=NC4=O)nn23)ccc1N1CCN(C)CC1. The van der Waals surface area contributed by atoms with E-state index in [-0.39, 0.29) is 5.91 Å². The van der Waals surface area contributed by atoms with Crippen LogP contribution < -0.4 is 4.90 Å². The van der Waals surface area contributed by atoms with Crippen LogP contribution in [0.4, 0.5) is 5.69 Å². The fourth-order valence-electron chi connectivity index (χ4n) is 4.95. The van der Waals surface area contributed by atoms with Crippen molar-refractivity contribution in [2.24, 2.45) is 4.99 Å². The number of hydrogen-bond donors (Lipinski definition) is 0. The first-order valence-corrected chi connectivity index (χ1v) is 13.0. The number of fused-ring (bicyclic) bond motifs is 1. The van der Waals surface area contributed by atoms with Gasteiger partial charge in [0.1, 0.15) is 0 Å². The molecule has 8 nitrogen and oxygen atoms in total. The number of carbonyl (C=O) groups is 1. The number of imidazole rings is 1. The van der Waals surface area contributed by atoms with Gasteiger partial charge in [-0.05, 0) is 74.5 Å². The van der Waals surface area contributed by atoms with Gasteiger partial charge in [0.05, 0.1) is 22.5 Å². The molecule has 1 aromatic carbocycles. The van der Waals surface area contributed by atoms with Crippen molar-refractivity contribution in [2.75, 3.05) is 51.2 Å². The fourth-order valence-corrected chi connectivity index (χ4v) is 5.90. The summed E-state index contributed by atoms with van der Waals surface area (Å²) < 4.78 is 1.86. The van der Waals surface area contributed by atoms with Crippen molar-refractivity contribution in [1.29, 1.82) is 0 Å². The third-order valence-electron chi connectivity index (χ3n) is 6.98. The molecule has 1 amide bonds. The monoisotopic (exact) mass is 487 g/mol. The second-order valence-electron chi connectivity index (χ2n) is 9.47. The number of benzene rings is 1. The predicted octanol–water partition coefficient (Wildman–Crippen LogP) is 3.52. The number of aryl methyl sites for hydroxylation is 1. The number of carbonyl (C=O) groups excluding carboxylic acids is 1. The van der Waals surface area contributed by atoms with E-state index >= 15 is 0 Å². The van der Waals surface area contributed by atoms with Gasteiger partial charge >= 0.3 is 0 Å². The highest BCUT2D eigenvalue weighted by Gasteiger charge is 2.27. The number of hydrogen-bond acceptors (Lipinski definition) is 7. The first-order chi connectivity index (χ1) is 17.0. The molecule has 0 radical (unpaired) electrons. The second-order valence-corrected chi connectivity index (χ2v) is 10.5. The van der Waals surface area contributed by atoms with E-state index in [0.717, 1.165) is 79.9 Å². The average molecular weight is 488 g/mol. The summed E-state index contributed by atoms with van der Waals surface area (Å²) in [6, 6.07) is 10.4. The predicted molar refractivity (Wildman–Crippen MR) is 142 cm³/mol. The molecule has 0 unspecified atom stereocenters. The third kappa shape index (κ3) is 4.34. The molecule has 3 aliphatic rings. The van der Waals surface area contributed by atoms with Gasteiger partial charge in [0.25, 0.3) is 5.91 Å². The number of likely N-dealkylation sites (N-methyl/N-ethyl adjacent to an activating group) is 1. The van der Waals surface area contributed by atoms with Crippen LogP contribution in [0.2, 0.25) is 0 Å². The number of amidine groups is 1. The molecule has 0 atom stereocenters. The van der Waals surface area contributed by atoms with Gasteiger partial charge in [-0.3, -0.25) is 4.79 Å². The minimum Gasteiger partial charge on any atom is -0.369 e. The summed E-state index contributed by atoms with van der Waals surface area (Å²) in [6.07, 6.45) is 6.02. The van der Waals surface area contributed by atoms with Gasteiger partial charge in [0.15, 0.2) is 10.8 Å². The van der Waals surface area contributed by atoms with Gasteiger partial charge in [0.2, 0.25) is 0 Å². The van der Waals surface area contributed by atoms with Crippen molar-refractivity contribution in [3.8, 4) is 11.3 Å². The van der Waals surface area contributed by atoms with Gasteiger partial charge in [0, 0.05) is 50.5 Å². The number of aromatic nitrogens is 3. The molecule has 0 aliphatic carbocycles. The minimum atomic E-state index is -0.181. The molecule has 0 N–H and O–H groups in total. The molecular weight excluding hydrogens is 458 g/mol. The summed E-state index contributed by atoms with van der Waals surface area (Å²) in [6.45, 7) is 8.39. The molecule has 3 aliphatic heterocycles. The first kappa shape index (κ1) is 22.3. The Hall–Kier alpha value is -3.17. The molecule has 2 fully saturated rings. The Morgan fingerprint density at radius 1 is 0.971 bits per heavy atom. The number of anilines is 1. The van der Waals surface area contributed by atoms with E-state index in [1.54, 1.807) is 0 Å². The molecule has 2 saturated heterocycles. The summed E-state index contributed by atoms with van der Waals surface area (Å²) in [4.78, 5) is 29.0. The van der Waals surface area contributed by atoms with Gasteiger partial charge in [-0.15, -0.1) is 0 Å². The Balaban J connectivity index is 1.27. The Morgan fingerprint density at radius 3 is 2.54 bits per heavy atom. The van der Waals surface area contributed by atoms with Crippen LogP contribution in [-0.4, -0.2) is 81.8 Å². The van der Waals surface area contributed by atoms with Crippen LogP contribution in [0.25, 0.3) is 23.0 Å². The summed E-state index contributed by atoms with van der Waals surface area (Å²) in [7, 11) is 2.18. The molecule has 2 aromatic heterocycles. The van der Waals surface area contributed by atoms with Crippen LogP contribution >= 0.6 is 11.8 Å². The third-order valence-corrected chi connectivity index (χ3v) is 8.03. The molecule has 9 heteroatoms. The molecule has 180 valence electrons. The molecule has 35 heavy (non-hydrogen) atoms. The van der Waals surface area contributed by atoms with Crippen LogP contribution in [0.5, 0.6) is 0 Å². The number of thioether (sulfide) groups is 1. The number of nitrogens with zero attached hydrogens (tertiary/aromatic N) is 7. The van der Waals surface area contributed by atoms with Crippen LogP contribution in [-0.2, 0) is 4.79 Å². The standard InChI is InChI=1S/C26H29N7OS/c1-18-15-19(5-7-21(18)31-13-11-30(2)12-14-31)22-17-27-24-8-6-20(29-33(22)24)16-23-25(34)28-26(35-23)32-9-3-4-10-32/h5-8,15-17H,3-4,9-14H2,1-2H3. The molecular formula is C26H29N7OS. The number of rotatable bonds is 3. The lowest BCUT2D eigenvalue weighted by Gasteiger charge is -2.35. The molecule has 0 bridgehead atoms. The largest absolute Gasteiger partial charge is 0.369 e. The van der Waals surface area contributed by atoms with Crippen molar-refractivity contribution < 1.29 is 4.79 Å². The Kier molecular flexibility index (Phi) is 5.82. The van der Waals surface area contributed by atoms with Gasteiger partial charge in [-0.2, -0.15) is 10.1 Å². The highest BCUT2D eigenvalue weighted by Crippen LogP contribution is 2.32. The van der Waals surface area contributed by atoms with E-state index in [9.17, 15) is 4.79 Å². The molecule has 0 spiro atoms. The summed E-state index contributed by atoms with van der Waals surface area (Å²) in [5.74, 6) is -0.181. The molecule has 3 aromatic rings. The second kappa shape index (κ2) is 9.13. The van der Waals surface area contributed by atoms with Crippen LogP contribution in [0.3, 0.4) is 0 Å². The first-order valence-electron chi connectivity index (χ1n) is 12.2. The van der Waals surface area contributed by atoms with E-state index in [4.69, 9.17) is 5.10 Å². The van der Waals surface area contributed by atoms with Crippen molar-refractivity contribution in [2.45, 2.75) is 19.8 Å². The number of likely N-dealkylation sites (tertiary alicyclic amines) is 1. The van der Waals surface area contributed by atoms with E-state index in [1.807, 2.05) is 28.9 Å². The number of amides is 1. The maximum absolute atomic E-state index is 12.5. The zero-order valence-electron chi connectivity index (χ0n) is 20.1. The Labute approximate surface area is 209 Å². The summed E-state index contributed by atoms with van der Waals surface area (Å²) in [5.41, 5.74) is 6.06. The Bertz CT molecular complexity index is 1350. The van der Waals surface area contributed by atoms with E-state index < -0.39 is 0 Å². The highest BCUT2D eigenvalue weighted by atomic mass is 32.2. The normalized spacial score (nSPS) is 20.5. The fraction of sp³-hybridized carbons (Fsp3) is 0.385. The average Bonchev–Trinajstić information content (AvgIpc) is 3.60. The Morgan fingerprint density at radius 2 is 1.77 bits per heavy atom.